The zero-order chi connectivity index (χ0) is 18.5. The van der Waals surface area contributed by atoms with Gasteiger partial charge in [-0.3, -0.25) is 4.79 Å². The van der Waals surface area contributed by atoms with Crippen LogP contribution in [0.1, 0.15) is 18.5 Å². The van der Waals surface area contributed by atoms with E-state index in [0.717, 1.165) is 26.6 Å². The fourth-order valence-corrected chi connectivity index (χ4v) is 3.28. The first-order valence-corrected chi connectivity index (χ1v) is 9.10. The molecule has 0 aliphatic rings. The third kappa shape index (κ3) is 4.35. The highest BCUT2D eigenvalue weighted by atomic mass is 79.9. The minimum absolute atomic E-state index is 0.0278. The molecule has 0 fully saturated rings. The van der Waals surface area contributed by atoms with Gasteiger partial charge in [-0.05, 0) is 63.5 Å². The first-order valence-electron chi connectivity index (χ1n) is 8.31. The Bertz CT molecular complexity index is 926. The lowest BCUT2D eigenvalue weighted by Gasteiger charge is -2.16. The van der Waals surface area contributed by atoms with E-state index in [9.17, 15) is 4.79 Å². The van der Waals surface area contributed by atoms with Crippen LogP contribution in [0.3, 0.4) is 0 Å². The highest BCUT2D eigenvalue weighted by Crippen LogP contribution is 2.28. The lowest BCUT2D eigenvalue weighted by atomic mass is 10.1. The fraction of sp³-hybridized carbons (Fsp3) is 0.190. The van der Waals surface area contributed by atoms with Crippen molar-refractivity contribution in [3.63, 3.8) is 0 Å². The van der Waals surface area contributed by atoms with E-state index in [1.165, 1.54) is 0 Å². The standard InChI is InChI=1S/C21H20BrNO3/c1-14(16-8-10-20(25-2)19(22)12-16)23-21(24)13-26-18-9-7-15-5-3-4-6-17(15)11-18/h3-12,14H,13H2,1-2H3,(H,23,24)/t14-/m0/s1. The van der Waals surface area contributed by atoms with Gasteiger partial charge in [0.15, 0.2) is 6.61 Å². The van der Waals surface area contributed by atoms with Crippen molar-refractivity contribution in [2.45, 2.75) is 13.0 Å². The Morgan fingerprint density at radius 2 is 1.85 bits per heavy atom. The van der Waals surface area contributed by atoms with Gasteiger partial charge in [-0.2, -0.15) is 0 Å². The Morgan fingerprint density at radius 3 is 2.58 bits per heavy atom. The highest BCUT2D eigenvalue weighted by Gasteiger charge is 2.12. The zero-order valence-corrected chi connectivity index (χ0v) is 16.2. The van der Waals surface area contributed by atoms with Crippen molar-refractivity contribution in [1.29, 1.82) is 0 Å². The Hall–Kier alpha value is -2.53. The maximum atomic E-state index is 12.2. The van der Waals surface area contributed by atoms with Gasteiger partial charge < -0.3 is 14.8 Å². The molecule has 0 aliphatic heterocycles. The molecule has 1 N–H and O–H groups in total. The van der Waals surface area contributed by atoms with Gasteiger partial charge in [0.05, 0.1) is 17.6 Å². The van der Waals surface area contributed by atoms with Crippen LogP contribution in [0, 0.1) is 0 Å². The van der Waals surface area contributed by atoms with Crippen molar-refractivity contribution in [3.05, 3.63) is 70.7 Å². The van der Waals surface area contributed by atoms with Crippen LogP contribution in [0.25, 0.3) is 10.8 Å². The van der Waals surface area contributed by atoms with Gasteiger partial charge in [0.1, 0.15) is 11.5 Å². The van der Waals surface area contributed by atoms with Crippen LogP contribution in [0.2, 0.25) is 0 Å². The largest absolute Gasteiger partial charge is 0.496 e. The topological polar surface area (TPSA) is 47.6 Å². The second-order valence-corrected chi connectivity index (χ2v) is 6.84. The number of ether oxygens (including phenoxy) is 2. The third-order valence-corrected chi connectivity index (χ3v) is 4.76. The van der Waals surface area contributed by atoms with E-state index in [-0.39, 0.29) is 18.6 Å². The summed E-state index contributed by atoms with van der Waals surface area (Å²) in [6.45, 7) is 1.90. The average Bonchev–Trinajstić information content (AvgIpc) is 2.66. The average molecular weight is 414 g/mol. The van der Waals surface area contributed by atoms with E-state index in [1.807, 2.05) is 67.6 Å². The van der Waals surface area contributed by atoms with E-state index < -0.39 is 0 Å². The second-order valence-electron chi connectivity index (χ2n) is 5.98. The van der Waals surface area contributed by atoms with Crippen molar-refractivity contribution < 1.29 is 14.3 Å². The molecule has 0 heterocycles. The van der Waals surface area contributed by atoms with Crippen LogP contribution < -0.4 is 14.8 Å². The minimum atomic E-state index is -0.169. The monoisotopic (exact) mass is 413 g/mol. The van der Waals surface area contributed by atoms with Crippen molar-refractivity contribution in [2.24, 2.45) is 0 Å². The van der Waals surface area contributed by atoms with Gasteiger partial charge in [-0.15, -0.1) is 0 Å². The highest BCUT2D eigenvalue weighted by molar-refractivity contribution is 9.10. The molecule has 0 saturated heterocycles. The summed E-state index contributed by atoms with van der Waals surface area (Å²) >= 11 is 3.46. The summed E-state index contributed by atoms with van der Waals surface area (Å²) in [5.74, 6) is 1.27. The van der Waals surface area contributed by atoms with Crippen LogP contribution >= 0.6 is 15.9 Å². The maximum absolute atomic E-state index is 12.2. The van der Waals surface area contributed by atoms with Crippen molar-refractivity contribution in [2.75, 3.05) is 13.7 Å². The zero-order valence-electron chi connectivity index (χ0n) is 14.7. The predicted octanol–water partition coefficient (Wildman–Crippen LogP) is 4.87. The summed E-state index contributed by atoms with van der Waals surface area (Å²) in [5, 5.41) is 5.17. The number of rotatable bonds is 6. The molecule has 1 atom stereocenters. The van der Waals surface area contributed by atoms with E-state index in [4.69, 9.17) is 9.47 Å². The second kappa shape index (κ2) is 8.23. The Kier molecular flexibility index (Phi) is 5.78. The molecule has 134 valence electrons. The smallest absolute Gasteiger partial charge is 0.258 e. The SMILES string of the molecule is COc1ccc([C@H](C)NC(=O)COc2ccc3ccccc3c2)cc1Br. The molecule has 0 unspecified atom stereocenters. The predicted molar refractivity (Wildman–Crippen MR) is 107 cm³/mol. The van der Waals surface area contributed by atoms with Crippen LogP contribution in [-0.4, -0.2) is 19.6 Å². The quantitative estimate of drug-likeness (QED) is 0.626. The van der Waals surface area contributed by atoms with E-state index >= 15 is 0 Å². The Morgan fingerprint density at radius 1 is 1.08 bits per heavy atom. The summed E-state index contributed by atoms with van der Waals surface area (Å²) in [6, 6.07) is 19.4. The summed E-state index contributed by atoms with van der Waals surface area (Å²) in [7, 11) is 1.62. The van der Waals surface area contributed by atoms with E-state index in [0.29, 0.717) is 5.75 Å². The molecular weight excluding hydrogens is 394 g/mol. The Labute approximate surface area is 161 Å². The summed E-state index contributed by atoms with van der Waals surface area (Å²) < 4.78 is 11.7. The van der Waals surface area contributed by atoms with Crippen molar-refractivity contribution >= 4 is 32.6 Å². The van der Waals surface area contributed by atoms with Gasteiger partial charge in [0.2, 0.25) is 0 Å². The van der Waals surface area contributed by atoms with E-state index in [2.05, 4.69) is 21.2 Å². The molecule has 4 nitrogen and oxygen atoms in total. The number of halogens is 1. The number of amides is 1. The Balaban J connectivity index is 1.58. The number of hydrogen-bond acceptors (Lipinski definition) is 3. The van der Waals surface area contributed by atoms with Gasteiger partial charge in [0, 0.05) is 0 Å². The molecule has 0 aromatic heterocycles. The van der Waals surface area contributed by atoms with Gasteiger partial charge >= 0.3 is 0 Å². The molecule has 3 aromatic rings. The van der Waals surface area contributed by atoms with Gasteiger partial charge in [-0.1, -0.05) is 36.4 Å². The number of benzene rings is 3. The number of nitrogens with one attached hydrogen (secondary N) is 1. The molecule has 0 bridgehead atoms. The molecule has 0 aliphatic carbocycles. The molecule has 3 rings (SSSR count). The molecule has 0 spiro atoms. The molecule has 0 saturated carbocycles. The number of methoxy groups -OCH3 is 1. The molecule has 3 aromatic carbocycles. The number of fused-ring (bicyclic) bond motifs is 1. The molecule has 0 radical (unpaired) electrons. The first-order chi connectivity index (χ1) is 12.6. The molecule has 26 heavy (non-hydrogen) atoms. The normalized spacial score (nSPS) is 11.8. The van der Waals surface area contributed by atoms with Gasteiger partial charge in [0.25, 0.3) is 5.91 Å². The minimum Gasteiger partial charge on any atom is -0.496 e. The van der Waals surface area contributed by atoms with Crippen LogP contribution in [-0.2, 0) is 4.79 Å². The summed E-state index contributed by atoms with van der Waals surface area (Å²) in [4.78, 5) is 12.2. The van der Waals surface area contributed by atoms with Crippen molar-refractivity contribution in [3.8, 4) is 11.5 Å². The molecule has 1 amide bonds. The number of carbonyl (C=O) groups excluding carboxylic acids is 1. The van der Waals surface area contributed by atoms with E-state index in [1.54, 1.807) is 7.11 Å². The van der Waals surface area contributed by atoms with Crippen LogP contribution in [0.4, 0.5) is 0 Å². The summed E-state index contributed by atoms with van der Waals surface area (Å²) in [5.41, 5.74) is 0.983. The van der Waals surface area contributed by atoms with Crippen LogP contribution in [0.5, 0.6) is 11.5 Å². The fourth-order valence-electron chi connectivity index (χ4n) is 2.72. The number of carbonyl (C=O) groups is 1. The lowest BCUT2D eigenvalue weighted by Crippen LogP contribution is -2.31. The molecular formula is C21H20BrNO3. The molecule has 5 heteroatoms. The lowest BCUT2D eigenvalue weighted by molar-refractivity contribution is -0.123. The van der Waals surface area contributed by atoms with Crippen molar-refractivity contribution in [1.82, 2.24) is 5.32 Å². The number of hydrogen-bond donors (Lipinski definition) is 1. The first kappa shape index (κ1) is 18.3. The van der Waals surface area contributed by atoms with Crippen LogP contribution in [0.15, 0.2) is 65.1 Å². The maximum Gasteiger partial charge on any atom is 0.258 e. The third-order valence-electron chi connectivity index (χ3n) is 4.14. The van der Waals surface area contributed by atoms with Gasteiger partial charge in [-0.25, -0.2) is 0 Å². The summed E-state index contributed by atoms with van der Waals surface area (Å²) in [6.07, 6.45) is 0.